The second-order valence-electron chi connectivity index (χ2n) is 6.02. The highest BCUT2D eigenvalue weighted by molar-refractivity contribution is 5.77. The van der Waals surface area contributed by atoms with Crippen LogP contribution in [0.2, 0.25) is 0 Å². The summed E-state index contributed by atoms with van der Waals surface area (Å²) in [6.07, 6.45) is 7.08. The van der Waals surface area contributed by atoms with Gasteiger partial charge in [-0.05, 0) is 30.9 Å². The van der Waals surface area contributed by atoms with E-state index in [0.717, 1.165) is 24.8 Å². The molecule has 1 N–H and O–H groups in total. The molecule has 0 spiro atoms. The van der Waals surface area contributed by atoms with Gasteiger partial charge < -0.3 is 19.2 Å². The molecule has 1 aromatic heterocycles. The molecule has 116 valence electrons. The number of furan rings is 1. The first-order valence-corrected chi connectivity index (χ1v) is 7.82. The maximum atomic E-state index is 12.5. The van der Waals surface area contributed by atoms with Gasteiger partial charge >= 0.3 is 0 Å². The van der Waals surface area contributed by atoms with Crippen molar-refractivity contribution in [1.82, 2.24) is 4.90 Å². The maximum Gasteiger partial charge on any atom is 0.223 e. The lowest BCUT2D eigenvalue weighted by Crippen LogP contribution is -2.53. The zero-order valence-electron chi connectivity index (χ0n) is 12.2. The van der Waals surface area contributed by atoms with Crippen LogP contribution in [0.4, 0.5) is 0 Å². The van der Waals surface area contributed by atoms with Crippen molar-refractivity contribution in [3.05, 3.63) is 24.2 Å². The average molecular weight is 293 g/mol. The van der Waals surface area contributed by atoms with Crippen LogP contribution in [-0.2, 0) is 16.0 Å². The summed E-state index contributed by atoms with van der Waals surface area (Å²) in [6, 6.07) is 1.93. The first kappa shape index (κ1) is 14.6. The number of hydrogen-bond acceptors (Lipinski definition) is 4. The van der Waals surface area contributed by atoms with Crippen molar-refractivity contribution < 1.29 is 19.1 Å². The fraction of sp³-hybridized carbons (Fsp3) is 0.688. The summed E-state index contributed by atoms with van der Waals surface area (Å²) in [7, 11) is 0. The van der Waals surface area contributed by atoms with E-state index in [1.807, 2.05) is 11.0 Å². The van der Waals surface area contributed by atoms with E-state index in [-0.39, 0.29) is 24.0 Å². The Labute approximate surface area is 124 Å². The normalized spacial score (nSPS) is 29.8. The molecule has 21 heavy (non-hydrogen) atoms. The largest absolute Gasteiger partial charge is 0.472 e. The molecular formula is C16H23NO4. The number of aliphatic hydroxyl groups excluding tert-OH is 1. The topological polar surface area (TPSA) is 62.9 Å². The van der Waals surface area contributed by atoms with Gasteiger partial charge in [0.1, 0.15) is 0 Å². The number of nitrogens with zero attached hydrogens (tertiary/aromatic N) is 1. The summed E-state index contributed by atoms with van der Waals surface area (Å²) in [5.41, 5.74) is 1.05. The second kappa shape index (κ2) is 6.62. The molecule has 2 fully saturated rings. The van der Waals surface area contributed by atoms with Gasteiger partial charge in [0, 0.05) is 18.9 Å². The molecule has 5 heteroatoms. The zero-order valence-corrected chi connectivity index (χ0v) is 12.2. The standard InChI is InChI=1S/C16H23NO4/c18-15-3-1-2-13(15)14-11-21-9-7-17(14)16(19)5-4-12-6-8-20-10-12/h6,8,10,13-15,18H,1-5,7,9,11H2/t13-,14+,15-/m0/s1. The molecule has 0 aromatic carbocycles. The van der Waals surface area contributed by atoms with Crippen LogP contribution in [0.25, 0.3) is 0 Å². The molecule has 0 radical (unpaired) electrons. The number of ether oxygens (including phenoxy) is 1. The lowest BCUT2D eigenvalue weighted by atomic mass is 9.94. The molecule has 0 unspecified atom stereocenters. The highest BCUT2D eigenvalue weighted by Gasteiger charge is 2.39. The van der Waals surface area contributed by atoms with Crippen LogP contribution in [0.5, 0.6) is 0 Å². The van der Waals surface area contributed by atoms with Gasteiger partial charge in [-0.15, -0.1) is 0 Å². The number of rotatable bonds is 4. The number of aryl methyl sites for hydroxylation is 1. The molecule has 1 aliphatic carbocycles. The Bertz CT molecular complexity index is 459. The Kier molecular flexibility index (Phi) is 4.60. The lowest BCUT2D eigenvalue weighted by Gasteiger charge is -2.40. The molecule has 1 saturated heterocycles. The number of carbonyl (C=O) groups is 1. The van der Waals surface area contributed by atoms with E-state index in [9.17, 15) is 9.90 Å². The van der Waals surface area contributed by atoms with Crippen molar-refractivity contribution in [1.29, 1.82) is 0 Å². The molecule has 1 saturated carbocycles. The van der Waals surface area contributed by atoms with Crippen LogP contribution < -0.4 is 0 Å². The Morgan fingerprint density at radius 1 is 1.43 bits per heavy atom. The van der Waals surface area contributed by atoms with E-state index >= 15 is 0 Å². The predicted octanol–water partition coefficient (Wildman–Crippen LogP) is 1.60. The predicted molar refractivity (Wildman–Crippen MR) is 76.7 cm³/mol. The Balaban J connectivity index is 1.61. The molecule has 1 aromatic rings. The minimum Gasteiger partial charge on any atom is -0.472 e. The third kappa shape index (κ3) is 3.30. The van der Waals surface area contributed by atoms with Gasteiger partial charge in [0.25, 0.3) is 0 Å². The van der Waals surface area contributed by atoms with E-state index in [0.29, 0.717) is 32.6 Å². The lowest BCUT2D eigenvalue weighted by molar-refractivity contribution is -0.143. The van der Waals surface area contributed by atoms with Crippen molar-refractivity contribution in [3.8, 4) is 0 Å². The molecule has 0 bridgehead atoms. The van der Waals surface area contributed by atoms with Crippen molar-refractivity contribution in [2.24, 2.45) is 5.92 Å². The smallest absolute Gasteiger partial charge is 0.223 e. The Hall–Kier alpha value is -1.33. The highest BCUT2D eigenvalue weighted by atomic mass is 16.5. The molecule has 5 nitrogen and oxygen atoms in total. The van der Waals surface area contributed by atoms with Gasteiger partial charge in [-0.1, -0.05) is 6.42 Å². The third-order valence-electron chi connectivity index (χ3n) is 4.72. The van der Waals surface area contributed by atoms with E-state index < -0.39 is 0 Å². The molecular weight excluding hydrogens is 270 g/mol. The monoisotopic (exact) mass is 293 g/mol. The Morgan fingerprint density at radius 3 is 3.05 bits per heavy atom. The summed E-state index contributed by atoms with van der Waals surface area (Å²) >= 11 is 0. The quantitative estimate of drug-likeness (QED) is 0.916. The van der Waals surface area contributed by atoms with Crippen molar-refractivity contribution in [2.75, 3.05) is 19.8 Å². The van der Waals surface area contributed by atoms with E-state index in [1.54, 1.807) is 12.5 Å². The minimum absolute atomic E-state index is 0.0353. The van der Waals surface area contributed by atoms with Crippen LogP contribution in [0.15, 0.2) is 23.0 Å². The van der Waals surface area contributed by atoms with Gasteiger partial charge in [0.15, 0.2) is 0 Å². The van der Waals surface area contributed by atoms with Gasteiger partial charge in [-0.3, -0.25) is 4.79 Å². The van der Waals surface area contributed by atoms with Gasteiger partial charge in [-0.2, -0.15) is 0 Å². The van der Waals surface area contributed by atoms with E-state index in [2.05, 4.69) is 0 Å². The SMILES string of the molecule is O=C(CCc1ccoc1)N1CCOC[C@@H]1[C@@H]1CCC[C@@H]1O. The molecule has 2 aliphatic rings. The number of morpholine rings is 1. The maximum absolute atomic E-state index is 12.5. The molecule has 3 atom stereocenters. The third-order valence-corrected chi connectivity index (χ3v) is 4.72. The van der Waals surface area contributed by atoms with E-state index in [1.165, 1.54) is 0 Å². The number of amides is 1. The van der Waals surface area contributed by atoms with Crippen LogP contribution >= 0.6 is 0 Å². The number of hydrogen-bond donors (Lipinski definition) is 1. The summed E-state index contributed by atoms with van der Waals surface area (Å²) < 4.78 is 10.6. The summed E-state index contributed by atoms with van der Waals surface area (Å²) in [5, 5.41) is 10.1. The second-order valence-corrected chi connectivity index (χ2v) is 6.02. The molecule has 2 heterocycles. The minimum atomic E-state index is -0.291. The van der Waals surface area contributed by atoms with Gasteiger partial charge in [0.05, 0.1) is 37.9 Å². The molecule has 3 rings (SSSR count). The fourth-order valence-electron chi connectivity index (χ4n) is 3.53. The summed E-state index contributed by atoms with van der Waals surface area (Å²) in [6.45, 7) is 1.79. The summed E-state index contributed by atoms with van der Waals surface area (Å²) in [4.78, 5) is 14.5. The zero-order chi connectivity index (χ0) is 14.7. The van der Waals surface area contributed by atoms with Gasteiger partial charge in [0.2, 0.25) is 5.91 Å². The average Bonchev–Trinajstić information content (AvgIpc) is 3.16. The van der Waals surface area contributed by atoms with Crippen LogP contribution in [0.3, 0.4) is 0 Å². The Morgan fingerprint density at radius 2 is 2.33 bits per heavy atom. The van der Waals surface area contributed by atoms with Crippen molar-refractivity contribution in [3.63, 3.8) is 0 Å². The van der Waals surface area contributed by atoms with E-state index in [4.69, 9.17) is 9.15 Å². The summed E-state index contributed by atoms with van der Waals surface area (Å²) in [5.74, 6) is 0.326. The highest BCUT2D eigenvalue weighted by Crippen LogP contribution is 2.32. The van der Waals surface area contributed by atoms with Crippen molar-refractivity contribution in [2.45, 2.75) is 44.2 Å². The van der Waals surface area contributed by atoms with Crippen LogP contribution in [0, 0.1) is 5.92 Å². The van der Waals surface area contributed by atoms with Gasteiger partial charge in [-0.25, -0.2) is 0 Å². The van der Waals surface area contributed by atoms with Crippen LogP contribution in [0.1, 0.15) is 31.2 Å². The molecule has 1 amide bonds. The number of aliphatic hydroxyl groups is 1. The molecule has 1 aliphatic heterocycles. The van der Waals surface area contributed by atoms with Crippen molar-refractivity contribution >= 4 is 5.91 Å². The number of carbonyl (C=O) groups excluding carboxylic acids is 1. The first-order chi connectivity index (χ1) is 10.3. The fourth-order valence-corrected chi connectivity index (χ4v) is 3.53. The van der Waals surface area contributed by atoms with Crippen LogP contribution in [-0.4, -0.2) is 47.8 Å². The first-order valence-electron chi connectivity index (χ1n) is 7.82.